The third kappa shape index (κ3) is 2.69. The van der Waals surface area contributed by atoms with E-state index in [9.17, 15) is 18.7 Å². The molecule has 1 aromatic rings. The summed E-state index contributed by atoms with van der Waals surface area (Å²) in [6.07, 6.45) is -0.549. The van der Waals surface area contributed by atoms with Crippen LogP contribution in [-0.2, 0) is 9.53 Å². The molecule has 0 bridgehead atoms. The number of carbonyl (C=O) groups excluding carboxylic acids is 1. The average molecular weight is 217 g/mol. The summed E-state index contributed by atoms with van der Waals surface area (Å²) in [5, 5.41) is 9.38. The van der Waals surface area contributed by atoms with Gasteiger partial charge in [0, 0.05) is 0 Å². The molecule has 0 aliphatic heterocycles. The summed E-state index contributed by atoms with van der Waals surface area (Å²) in [7, 11) is 1.12. The van der Waals surface area contributed by atoms with Gasteiger partial charge in [0.2, 0.25) is 0 Å². The number of aliphatic hydroxyl groups is 1. The van der Waals surface area contributed by atoms with Crippen molar-refractivity contribution in [1.29, 1.82) is 0 Å². The molecule has 6 heteroatoms. The van der Waals surface area contributed by atoms with Crippen molar-refractivity contribution in [1.82, 2.24) is 4.98 Å². The molecule has 1 atom stereocenters. The maximum Gasteiger partial charge on any atom is 0.308 e. The van der Waals surface area contributed by atoms with Gasteiger partial charge in [-0.3, -0.25) is 9.78 Å². The molecule has 82 valence electrons. The fourth-order valence-corrected chi connectivity index (χ4v) is 1.08. The maximum absolute atomic E-state index is 13.0. The number of hydrogen-bond acceptors (Lipinski definition) is 4. The molecule has 0 aliphatic carbocycles. The van der Waals surface area contributed by atoms with Crippen molar-refractivity contribution in [2.75, 3.05) is 7.11 Å². The lowest BCUT2D eigenvalue weighted by Crippen LogP contribution is -2.11. The predicted octanol–water partition coefficient (Wildman–Crippen LogP) is 0.956. The van der Waals surface area contributed by atoms with Crippen molar-refractivity contribution in [3.05, 3.63) is 29.6 Å². The highest BCUT2D eigenvalue weighted by Gasteiger charge is 2.21. The molecule has 1 aromatic heterocycles. The van der Waals surface area contributed by atoms with Crippen LogP contribution >= 0.6 is 0 Å². The number of rotatable bonds is 3. The molecule has 0 radical (unpaired) electrons. The summed E-state index contributed by atoms with van der Waals surface area (Å²) in [6, 6.07) is 0. The van der Waals surface area contributed by atoms with Gasteiger partial charge < -0.3 is 9.84 Å². The number of aliphatic hydroxyl groups excluding tert-OH is 1. The van der Waals surface area contributed by atoms with Crippen LogP contribution < -0.4 is 0 Å². The van der Waals surface area contributed by atoms with Crippen LogP contribution in [0.5, 0.6) is 0 Å². The second kappa shape index (κ2) is 4.79. The highest BCUT2D eigenvalue weighted by molar-refractivity contribution is 5.70. The SMILES string of the molecule is COC(=O)C[C@@H](O)c1c(F)cncc1F. The standard InChI is InChI=1S/C9H9F2NO3/c1-15-8(14)2-7(13)9-5(10)3-12-4-6(9)11/h3-4,7,13H,2H2,1H3/t7-/m1/s1. The van der Waals surface area contributed by atoms with Gasteiger partial charge in [-0.1, -0.05) is 0 Å². The highest BCUT2D eigenvalue weighted by atomic mass is 19.1. The largest absolute Gasteiger partial charge is 0.469 e. The molecule has 1 heterocycles. The Kier molecular flexibility index (Phi) is 3.68. The molecule has 0 fully saturated rings. The van der Waals surface area contributed by atoms with E-state index >= 15 is 0 Å². The van der Waals surface area contributed by atoms with Crippen molar-refractivity contribution < 1.29 is 23.4 Å². The summed E-state index contributed by atoms with van der Waals surface area (Å²) in [5.41, 5.74) is -0.574. The van der Waals surface area contributed by atoms with E-state index in [0.29, 0.717) is 0 Å². The Morgan fingerprint density at radius 2 is 2.07 bits per heavy atom. The van der Waals surface area contributed by atoms with E-state index in [1.54, 1.807) is 0 Å². The zero-order valence-corrected chi connectivity index (χ0v) is 7.91. The Morgan fingerprint density at radius 3 is 2.53 bits per heavy atom. The van der Waals surface area contributed by atoms with E-state index in [1.807, 2.05) is 0 Å². The monoisotopic (exact) mass is 217 g/mol. The summed E-state index contributed by atoms with van der Waals surface area (Å²) in [6.45, 7) is 0. The number of pyridine rings is 1. The smallest absolute Gasteiger partial charge is 0.308 e. The zero-order valence-electron chi connectivity index (χ0n) is 7.91. The minimum Gasteiger partial charge on any atom is -0.469 e. The fraction of sp³-hybridized carbons (Fsp3) is 0.333. The van der Waals surface area contributed by atoms with E-state index in [1.165, 1.54) is 0 Å². The summed E-state index contributed by atoms with van der Waals surface area (Å²) >= 11 is 0. The lowest BCUT2D eigenvalue weighted by Gasteiger charge is -2.10. The normalized spacial score (nSPS) is 12.3. The van der Waals surface area contributed by atoms with Crippen molar-refractivity contribution in [3.63, 3.8) is 0 Å². The number of carbonyl (C=O) groups is 1. The molecular formula is C9H9F2NO3. The second-order valence-corrected chi connectivity index (χ2v) is 2.81. The number of halogens is 2. The van der Waals surface area contributed by atoms with Crippen molar-refractivity contribution in [2.24, 2.45) is 0 Å². The van der Waals surface area contributed by atoms with Crippen LogP contribution in [0.15, 0.2) is 12.4 Å². The zero-order chi connectivity index (χ0) is 11.4. The Hall–Kier alpha value is -1.56. The number of hydrogen-bond donors (Lipinski definition) is 1. The summed E-state index contributed by atoms with van der Waals surface area (Å²) in [5.74, 6) is -2.74. The Bertz CT molecular complexity index is 350. The average Bonchev–Trinajstić information content (AvgIpc) is 2.17. The third-order valence-corrected chi connectivity index (χ3v) is 1.81. The van der Waals surface area contributed by atoms with Gasteiger partial charge in [0.15, 0.2) is 0 Å². The molecular weight excluding hydrogens is 208 g/mol. The molecule has 4 nitrogen and oxygen atoms in total. The van der Waals surface area contributed by atoms with Gasteiger partial charge >= 0.3 is 5.97 Å². The van der Waals surface area contributed by atoms with Gasteiger partial charge in [-0.25, -0.2) is 8.78 Å². The number of nitrogens with zero attached hydrogens (tertiary/aromatic N) is 1. The number of methoxy groups -OCH3 is 1. The first-order valence-corrected chi connectivity index (χ1v) is 4.10. The van der Waals surface area contributed by atoms with Crippen LogP contribution in [0.3, 0.4) is 0 Å². The second-order valence-electron chi connectivity index (χ2n) is 2.81. The predicted molar refractivity (Wildman–Crippen MR) is 45.7 cm³/mol. The minimum atomic E-state index is -1.57. The van der Waals surface area contributed by atoms with E-state index < -0.39 is 35.7 Å². The molecule has 0 aliphatic rings. The van der Waals surface area contributed by atoms with E-state index in [0.717, 1.165) is 19.5 Å². The molecule has 0 aromatic carbocycles. The molecule has 15 heavy (non-hydrogen) atoms. The Balaban J connectivity index is 2.90. The maximum atomic E-state index is 13.0. The van der Waals surface area contributed by atoms with Gasteiger partial charge in [-0.05, 0) is 0 Å². The van der Waals surface area contributed by atoms with E-state index in [4.69, 9.17) is 0 Å². The summed E-state index contributed by atoms with van der Waals surface area (Å²) < 4.78 is 30.3. The highest BCUT2D eigenvalue weighted by Crippen LogP contribution is 2.22. The molecule has 0 saturated carbocycles. The minimum absolute atomic E-state index is 0.506. The van der Waals surface area contributed by atoms with Crippen LogP contribution in [0.1, 0.15) is 18.1 Å². The molecule has 0 saturated heterocycles. The van der Waals surface area contributed by atoms with Crippen LogP contribution in [-0.4, -0.2) is 23.2 Å². The Labute approximate surface area is 84.5 Å². The van der Waals surface area contributed by atoms with Crippen LogP contribution in [0.25, 0.3) is 0 Å². The first kappa shape index (κ1) is 11.5. The Morgan fingerprint density at radius 1 is 1.53 bits per heavy atom. The van der Waals surface area contributed by atoms with Gasteiger partial charge in [0.1, 0.15) is 11.6 Å². The van der Waals surface area contributed by atoms with Gasteiger partial charge in [-0.15, -0.1) is 0 Å². The third-order valence-electron chi connectivity index (χ3n) is 1.81. The first-order valence-electron chi connectivity index (χ1n) is 4.10. The van der Waals surface area contributed by atoms with Gasteiger partial charge in [0.05, 0.1) is 37.6 Å². The fourth-order valence-electron chi connectivity index (χ4n) is 1.08. The quantitative estimate of drug-likeness (QED) is 0.766. The van der Waals surface area contributed by atoms with E-state index in [-0.39, 0.29) is 0 Å². The molecule has 1 N–H and O–H groups in total. The molecule has 0 unspecified atom stereocenters. The van der Waals surface area contributed by atoms with Crippen LogP contribution in [0, 0.1) is 11.6 Å². The topological polar surface area (TPSA) is 59.4 Å². The van der Waals surface area contributed by atoms with Crippen molar-refractivity contribution >= 4 is 5.97 Å². The summed E-state index contributed by atoms with van der Waals surface area (Å²) in [4.78, 5) is 14.0. The van der Waals surface area contributed by atoms with E-state index in [2.05, 4.69) is 9.72 Å². The lowest BCUT2D eigenvalue weighted by molar-refractivity contribution is -0.142. The number of esters is 1. The molecule has 0 spiro atoms. The van der Waals surface area contributed by atoms with Crippen molar-refractivity contribution in [2.45, 2.75) is 12.5 Å². The van der Waals surface area contributed by atoms with Gasteiger partial charge in [0.25, 0.3) is 0 Å². The first-order chi connectivity index (χ1) is 7.06. The van der Waals surface area contributed by atoms with Crippen LogP contribution in [0.4, 0.5) is 8.78 Å². The van der Waals surface area contributed by atoms with Crippen molar-refractivity contribution in [3.8, 4) is 0 Å². The molecule has 1 rings (SSSR count). The lowest BCUT2D eigenvalue weighted by atomic mass is 10.1. The number of aromatic nitrogens is 1. The van der Waals surface area contributed by atoms with Crippen LogP contribution in [0.2, 0.25) is 0 Å². The molecule has 0 amide bonds. The number of ether oxygens (including phenoxy) is 1. The van der Waals surface area contributed by atoms with Gasteiger partial charge in [-0.2, -0.15) is 0 Å².